The highest BCUT2D eigenvalue weighted by atomic mass is 32.2. The number of aryl methyl sites for hydroxylation is 1. The van der Waals surface area contributed by atoms with Gasteiger partial charge < -0.3 is 9.47 Å². The lowest BCUT2D eigenvalue weighted by Gasteiger charge is -2.33. The molecule has 0 amide bonds. The molecule has 146 valence electrons. The highest BCUT2D eigenvalue weighted by molar-refractivity contribution is 7.85. The van der Waals surface area contributed by atoms with Crippen molar-refractivity contribution in [2.75, 3.05) is 5.94 Å². The Morgan fingerprint density at radius 3 is 2.77 bits per heavy atom. The Bertz CT molecular complexity index is 711. The van der Waals surface area contributed by atoms with Gasteiger partial charge in [-0.1, -0.05) is 38.7 Å². The van der Waals surface area contributed by atoms with Gasteiger partial charge in [0.25, 0.3) is 0 Å². The summed E-state index contributed by atoms with van der Waals surface area (Å²) < 4.78 is 41.6. The van der Waals surface area contributed by atoms with E-state index in [0.29, 0.717) is 5.75 Å². The molecule has 1 aliphatic rings. The Labute approximate surface area is 157 Å². The Morgan fingerprint density at radius 1 is 1.27 bits per heavy atom. The van der Waals surface area contributed by atoms with E-state index in [2.05, 4.69) is 26.0 Å². The molecule has 1 unspecified atom stereocenters. The molecule has 1 heterocycles. The molecule has 1 aromatic carbocycles. The molecule has 1 aromatic rings. The quantitative estimate of drug-likeness (QED) is 0.353. The molecule has 0 aliphatic carbocycles. The molecule has 1 atom stereocenters. The van der Waals surface area contributed by atoms with Crippen LogP contribution in [-0.2, 0) is 16.5 Å². The number of ether oxygens (including phenoxy) is 2. The average molecular weight is 383 g/mol. The lowest BCUT2D eigenvalue weighted by atomic mass is 9.91. The Hall–Kier alpha value is -1.53. The number of fused-ring (bicyclic) bond motifs is 1. The van der Waals surface area contributed by atoms with Crippen molar-refractivity contribution in [1.29, 1.82) is 0 Å². The fourth-order valence-corrected chi connectivity index (χ4v) is 3.37. The minimum atomic E-state index is -4.15. The molecule has 1 N–H and O–H groups in total. The van der Waals surface area contributed by atoms with E-state index in [0.717, 1.165) is 30.6 Å². The predicted octanol–water partition coefficient (Wildman–Crippen LogP) is 4.91. The predicted molar refractivity (Wildman–Crippen MR) is 103 cm³/mol. The van der Waals surface area contributed by atoms with Crippen LogP contribution >= 0.6 is 0 Å². The van der Waals surface area contributed by atoms with Gasteiger partial charge in [-0.15, -0.1) is 0 Å². The van der Waals surface area contributed by atoms with Crippen molar-refractivity contribution in [2.45, 2.75) is 70.8 Å². The van der Waals surface area contributed by atoms with E-state index in [4.69, 9.17) is 14.0 Å². The summed E-state index contributed by atoms with van der Waals surface area (Å²) in [6.45, 7) is 4.31. The average Bonchev–Trinajstić information content (AvgIpc) is 2.58. The van der Waals surface area contributed by atoms with Crippen molar-refractivity contribution < 1.29 is 22.4 Å². The van der Waals surface area contributed by atoms with Gasteiger partial charge in [0, 0.05) is 0 Å². The zero-order chi connectivity index (χ0) is 19.0. The van der Waals surface area contributed by atoms with E-state index < -0.39 is 16.1 Å². The largest absolute Gasteiger partial charge is 0.483 e. The molecule has 6 heteroatoms. The molecular weight excluding hydrogens is 352 g/mol. The van der Waals surface area contributed by atoms with Crippen molar-refractivity contribution in [3.05, 3.63) is 35.9 Å². The van der Waals surface area contributed by atoms with Crippen LogP contribution in [0, 0.1) is 0 Å². The van der Waals surface area contributed by atoms with Crippen LogP contribution in [0.25, 0.3) is 0 Å². The summed E-state index contributed by atoms with van der Waals surface area (Å²) in [5, 5.41) is 0. The first-order chi connectivity index (χ1) is 12.3. The second-order valence-electron chi connectivity index (χ2n) is 7.13. The minimum absolute atomic E-state index is 0.312. The molecule has 0 saturated carbocycles. The Balaban J connectivity index is 1.88. The number of benzene rings is 1. The summed E-state index contributed by atoms with van der Waals surface area (Å²) >= 11 is 0. The zero-order valence-electron chi connectivity index (χ0n) is 15.7. The lowest BCUT2D eigenvalue weighted by Crippen LogP contribution is -2.34. The standard InChI is InChI=1S/C20H30O5S/c1-3-4-5-6-7-8-9-13-20(2)14-12-17-15-18(10-11-19(17)25-20)24-16-26(21,22)23/h9-11,13,15H,3-8,12,14,16H2,1-2H3,(H,21,22,23)/b13-9+. The summed E-state index contributed by atoms with van der Waals surface area (Å²) in [6, 6.07) is 5.23. The van der Waals surface area contributed by atoms with Crippen molar-refractivity contribution in [3.8, 4) is 11.5 Å². The maximum atomic E-state index is 10.8. The fraction of sp³-hybridized carbons (Fsp3) is 0.600. The van der Waals surface area contributed by atoms with Gasteiger partial charge in [-0.2, -0.15) is 8.42 Å². The molecule has 0 saturated heterocycles. The van der Waals surface area contributed by atoms with Crippen LogP contribution in [0.1, 0.15) is 64.4 Å². The molecule has 5 nitrogen and oxygen atoms in total. The number of rotatable bonds is 10. The van der Waals surface area contributed by atoms with Crippen molar-refractivity contribution in [3.63, 3.8) is 0 Å². The van der Waals surface area contributed by atoms with E-state index in [1.54, 1.807) is 18.2 Å². The third-order valence-electron chi connectivity index (χ3n) is 4.59. The first-order valence-electron chi connectivity index (χ1n) is 9.39. The van der Waals surface area contributed by atoms with Gasteiger partial charge in [-0.05, 0) is 62.4 Å². The van der Waals surface area contributed by atoms with Crippen LogP contribution in [0.3, 0.4) is 0 Å². The van der Waals surface area contributed by atoms with Crippen LogP contribution < -0.4 is 9.47 Å². The number of unbranched alkanes of at least 4 members (excludes halogenated alkanes) is 5. The molecule has 0 spiro atoms. The monoisotopic (exact) mass is 382 g/mol. The molecule has 0 aromatic heterocycles. The summed E-state index contributed by atoms with van der Waals surface area (Å²) in [7, 11) is -4.15. The topological polar surface area (TPSA) is 72.8 Å². The van der Waals surface area contributed by atoms with Crippen molar-refractivity contribution in [1.82, 2.24) is 0 Å². The minimum Gasteiger partial charge on any atom is -0.483 e. The highest BCUT2D eigenvalue weighted by Crippen LogP contribution is 2.36. The molecule has 26 heavy (non-hydrogen) atoms. The number of hydrogen-bond donors (Lipinski definition) is 1. The molecule has 2 rings (SSSR count). The number of allylic oxidation sites excluding steroid dienone is 1. The van der Waals surface area contributed by atoms with Crippen molar-refractivity contribution >= 4 is 10.1 Å². The maximum Gasteiger partial charge on any atom is 0.300 e. The van der Waals surface area contributed by atoms with E-state index in [1.807, 2.05) is 0 Å². The van der Waals surface area contributed by atoms with Crippen LogP contribution in [0.2, 0.25) is 0 Å². The number of hydrogen-bond acceptors (Lipinski definition) is 4. The first-order valence-corrected chi connectivity index (χ1v) is 11.0. The fourth-order valence-electron chi connectivity index (χ4n) is 3.08. The zero-order valence-corrected chi connectivity index (χ0v) is 16.6. The maximum absolute atomic E-state index is 10.8. The van der Waals surface area contributed by atoms with E-state index in [9.17, 15) is 8.42 Å². The second kappa shape index (κ2) is 9.42. The van der Waals surface area contributed by atoms with Crippen LogP contribution in [0.15, 0.2) is 30.4 Å². The smallest absolute Gasteiger partial charge is 0.300 e. The van der Waals surface area contributed by atoms with Gasteiger partial charge in [0.1, 0.15) is 17.1 Å². The summed E-state index contributed by atoms with van der Waals surface area (Å²) in [4.78, 5) is 0. The van der Waals surface area contributed by atoms with Crippen LogP contribution in [-0.4, -0.2) is 24.5 Å². The van der Waals surface area contributed by atoms with E-state index in [-0.39, 0.29) is 5.60 Å². The normalized spacial score (nSPS) is 20.0. The highest BCUT2D eigenvalue weighted by Gasteiger charge is 2.29. The van der Waals surface area contributed by atoms with Gasteiger partial charge in [0.05, 0.1) is 0 Å². The Kier molecular flexibility index (Phi) is 7.53. The molecular formula is C20H30O5S. The van der Waals surface area contributed by atoms with Crippen molar-refractivity contribution in [2.24, 2.45) is 0 Å². The molecule has 0 radical (unpaired) electrons. The summed E-state index contributed by atoms with van der Waals surface area (Å²) in [6.07, 6.45) is 13.6. The van der Waals surface area contributed by atoms with Gasteiger partial charge in [0.15, 0.2) is 0 Å². The molecule has 0 fully saturated rings. The van der Waals surface area contributed by atoms with Crippen LogP contribution in [0.5, 0.6) is 11.5 Å². The third kappa shape index (κ3) is 7.00. The summed E-state index contributed by atoms with van der Waals surface area (Å²) in [5.41, 5.74) is 0.677. The Morgan fingerprint density at radius 2 is 2.04 bits per heavy atom. The van der Waals surface area contributed by atoms with Gasteiger partial charge in [0.2, 0.25) is 5.94 Å². The third-order valence-corrected chi connectivity index (χ3v) is 5.00. The van der Waals surface area contributed by atoms with E-state index >= 15 is 0 Å². The van der Waals surface area contributed by atoms with E-state index in [1.165, 1.54) is 32.1 Å². The van der Waals surface area contributed by atoms with Gasteiger partial charge in [-0.3, -0.25) is 4.55 Å². The first kappa shape index (κ1) is 20.8. The molecule has 1 aliphatic heterocycles. The van der Waals surface area contributed by atoms with Crippen LogP contribution in [0.4, 0.5) is 0 Å². The van der Waals surface area contributed by atoms with Gasteiger partial charge >= 0.3 is 10.1 Å². The summed E-state index contributed by atoms with van der Waals surface area (Å²) in [5.74, 6) is 0.465. The molecule has 0 bridgehead atoms. The second-order valence-corrected chi connectivity index (χ2v) is 8.53. The SMILES string of the molecule is CCCCCCC/C=C/C1(C)CCc2cc(OCS(=O)(=O)O)ccc2O1. The lowest BCUT2D eigenvalue weighted by molar-refractivity contribution is 0.114. The van der Waals surface area contributed by atoms with Gasteiger partial charge in [-0.25, -0.2) is 0 Å².